The highest BCUT2D eigenvalue weighted by atomic mass is 16.6. The summed E-state index contributed by atoms with van der Waals surface area (Å²) in [5.41, 5.74) is 2.29. The minimum Gasteiger partial charge on any atom is -0.480 e. The van der Waals surface area contributed by atoms with Gasteiger partial charge in [-0.05, 0) is 36.4 Å². The van der Waals surface area contributed by atoms with Crippen molar-refractivity contribution < 1.29 is 14.8 Å². The molecule has 1 aliphatic rings. The number of aliphatic carboxylic acids is 1. The summed E-state index contributed by atoms with van der Waals surface area (Å²) >= 11 is 0. The lowest BCUT2D eigenvalue weighted by Gasteiger charge is -2.35. The molecule has 3 rings (SSSR count). The SMILES string of the molecule is O=C(O)CN1CCN(c2ccc(N=Nc3ccc([N+](=O)[O-])cc3)cc2)CC1. The Bertz CT molecular complexity index is 828. The zero-order chi connectivity index (χ0) is 19.2. The molecule has 0 aromatic heterocycles. The van der Waals surface area contributed by atoms with Crippen LogP contribution in [0.4, 0.5) is 22.7 Å². The van der Waals surface area contributed by atoms with Crippen molar-refractivity contribution in [3.63, 3.8) is 0 Å². The molecule has 9 nitrogen and oxygen atoms in total. The standard InChI is InChI=1S/C18H19N5O4/c24-18(25)13-21-9-11-22(12-10-21)16-5-1-14(2-6-16)19-20-15-3-7-17(8-4-15)23(26)27/h1-8H,9-13H2,(H,24,25). The van der Waals surface area contributed by atoms with Crippen LogP contribution in [0.25, 0.3) is 0 Å². The maximum Gasteiger partial charge on any atom is 0.317 e. The van der Waals surface area contributed by atoms with Crippen LogP contribution in [0.3, 0.4) is 0 Å². The zero-order valence-electron chi connectivity index (χ0n) is 14.6. The van der Waals surface area contributed by atoms with Crippen molar-refractivity contribution in [3.8, 4) is 0 Å². The number of carbonyl (C=O) groups is 1. The lowest BCUT2D eigenvalue weighted by Crippen LogP contribution is -2.47. The second kappa shape index (κ2) is 8.37. The zero-order valence-corrected chi connectivity index (χ0v) is 14.6. The molecule has 140 valence electrons. The molecular formula is C18H19N5O4. The van der Waals surface area contributed by atoms with Crippen LogP contribution in [0.15, 0.2) is 58.8 Å². The van der Waals surface area contributed by atoms with Gasteiger partial charge in [0.2, 0.25) is 0 Å². The number of rotatable bonds is 6. The summed E-state index contributed by atoms with van der Waals surface area (Å²) in [5.74, 6) is -0.800. The molecule has 1 heterocycles. The van der Waals surface area contributed by atoms with Crippen LogP contribution >= 0.6 is 0 Å². The van der Waals surface area contributed by atoms with Gasteiger partial charge >= 0.3 is 5.97 Å². The van der Waals surface area contributed by atoms with E-state index in [0.717, 1.165) is 18.8 Å². The predicted molar refractivity (Wildman–Crippen MR) is 100 cm³/mol. The number of benzene rings is 2. The molecular weight excluding hydrogens is 350 g/mol. The van der Waals surface area contributed by atoms with Crippen molar-refractivity contribution in [3.05, 3.63) is 58.6 Å². The molecule has 1 saturated heterocycles. The van der Waals surface area contributed by atoms with Crippen LogP contribution in [0.2, 0.25) is 0 Å². The monoisotopic (exact) mass is 369 g/mol. The van der Waals surface area contributed by atoms with E-state index in [4.69, 9.17) is 5.11 Å². The minimum atomic E-state index is -0.800. The number of hydrogen-bond acceptors (Lipinski definition) is 7. The van der Waals surface area contributed by atoms with Crippen LogP contribution in [-0.2, 0) is 4.79 Å². The molecule has 0 bridgehead atoms. The molecule has 0 radical (unpaired) electrons. The lowest BCUT2D eigenvalue weighted by molar-refractivity contribution is -0.384. The highest BCUT2D eigenvalue weighted by Crippen LogP contribution is 2.24. The van der Waals surface area contributed by atoms with Gasteiger partial charge in [-0.25, -0.2) is 0 Å². The maximum absolute atomic E-state index is 10.8. The molecule has 2 aromatic rings. The normalized spacial score (nSPS) is 15.2. The molecule has 0 spiro atoms. The second-order valence-corrected chi connectivity index (χ2v) is 6.15. The smallest absolute Gasteiger partial charge is 0.317 e. The average Bonchev–Trinajstić information content (AvgIpc) is 2.67. The van der Waals surface area contributed by atoms with E-state index >= 15 is 0 Å². The van der Waals surface area contributed by atoms with Crippen molar-refractivity contribution in [1.29, 1.82) is 0 Å². The molecule has 27 heavy (non-hydrogen) atoms. The quantitative estimate of drug-likeness (QED) is 0.475. The van der Waals surface area contributed by atoms with Crippen molar-refractivity contribution in [1.82, 2.24) is 4.90 Å². The van der Waals surface area contributed by atoms with Crippen molar-refractivity contribution in [2.75, 3.05) is 37.6 Å². The summed E-state index contributed by atoms with van der Waals surface area (Å²) in [4.78, 5) is 25.1. The van der Waals surface area contributed by atoms with Gasteiger partial charge in [-0.2, -0.15) is 10.2 Å². The van der Waals surface area contributed by atoms with E-state index in [1.807, 2.05) is 29.2 Å². The van der Waals surface area contributed by atoms with E-state index in [1.54, 1.807) is 12.1 Å². The number of non-ortho nitro benzene ring substituents is 1. The van der Waals surface area contributed by atoms with E-state index in [-0.39, 0.29) is 12.2 Å². The highest BCUT2D eigenvalue weighted by molar-refractivity contribution is 5.69. The number of nitro groups is 1. The summed E-state index contributed by atoms with van der Waals surface area (Å²) in [5, 5.41) is 27.7. The van der Waals surface area contributed by atoms with Crippen LogP contribution in [0, 0.1) is 10.1 Å². The Kier molecular flexibility index (Phi) is 5.72. The lowest BCUT2D eigenvalue weighted by atomic mass is 10.2. The summed E-state index contributed by atoms with van der Waals surface area (Å²) in [6.45, 7) is 3.06. The number of anilines is 1. The Morgan fingerprint density at radius 1 is 0.963 bits per heavy atom. The first-order chi connectivity index (χ1) is 13.0. The number of nitrogens with zero attached hydrogens (tertiary/aromatic N) is 5. The van der Waals surface area contributed by atoms with Crippen LogP contribution < -0.4 is 4.90 Å². The number of nitro benzene ring substituents is 1. The first-order valence-corrected chi connectivity index (χ1v) is 8.46. The largest absolute Gasteiger partial charge is 0.480 e. The second-order valence-electron chi connectivity index (χ2n) is 6.15. The Morgan fingerprint density at radius 2 is 1.48 bits per heavy atom. The van der Waals surface area contributed by atoms with Crippen LogP contribution in [0.5, 0.6) is 0 Å². The molecule has 0 atom stereocenters. The summed E-state index contributed by atoms with van der Waals surface area (Å²) in [6, 6.07) is 13.5. The van der Waals surface area contributed by atoms with Crippen molar-refractivity contribution >= 4 is 28.7 Å². The van der Waals surface area contributed by atoms with Crippen LogP contribution in [-0.4, -0.2) is 53.6 Å². The fourth-order valence-corrected chi connectivity index (χ4v) is 2.84. The van der Waals surface area contributed by atoms with E-state index in [9.17, 15) is 14.9 Å². The highest BCUT2D eigenvalue weighted by Gasteiger charge is 2.18. The van der Waals surface area contributed by atoms with Gasteiger partial charge in [0, 0.05) is 44.0 Å². The molecule has 0 saturated carbocycles. The van der Waals surface area contributed by atoms with Gasteiger partial charge in [0.1, 0.15) is 0 Å². The number of azo groups is 1. The number of piperazine rings is 1. The number of carboxylic acid groups (broad SMARTS) is 1. The summed E-state index contributed by atoms with van der Waals surface area (Å²) in [7, 11) is 0. The van der Waals surface area contributed by atoms with Crippen LogP contribution in [0.1, 0.15) is 0 Å². The molecule has 1 fully saturated rings. The molecule has 1 aliphatic heterocycles. The Labute approximate surface area is 155 Å². The minimum absolute atomic E-state index is 0.0155. The molecule has 0 aliphatic carbocycles. The van der Waals surface area contributed by atoms with Gasteiger partial charge in [0.05, 0.1) is 22.8 Å². The Balaban J connectivity index is 1.57. The van der Waals surface area contributed by atoms with Crippen molar-refractivity contribution in [2.24, 2.45) is 10.2 Å². The third-order valence-electron chi connectivity index (χ3n) is 4.29. The maximum atomic E-state index is 10.8. The molecule has 0 unspecified atom stereocenters. The van der Waals surface area contributed by atoms with E-state index in [0.29, 0.717) is 24.5 Å². The molecule has 0 amide bonds. The molecule has 1 N–H and O–H groups in total. The van der Waals surface area contributed by atoms with Gasteiger partial charge < -0.3 is 10.0 Å². The van der Waals surface area contributed by atoms with Gasteiger partial charge in [-0.3, -0.25) is 19.8 Å². The summed E-state index contributed by atoms with van der Waals surface area (Å²) in [6.07, 6.45) is 0. The Morgan fingerprint density at radius 3 is 1.96 bits per heavy atom. The van der Waals surface area contributed by atoms with Crippen molar-refractivity contribution in [2.45, 2.75) is 0 Å². The predicted octanol–water partition coefficient (Wildman–Crippen LogP) is 3.22. The van der Waals surface area contributed by atoms with Gasteiger partial charge in [0.15, 0.2) is 0 Å². The number of hydrogen-bond donors (Lipinski definition) is 1. The topological polar surface area (TPSA) is 112 Å². The third-order valence-corrected chi connectivity index (χ3v) is 4.29. The Hall–Kier alpha value is -3.33. The number of carboxylic acids is 1. The first kappa shape index (κ1) is 18.5. The molecule has 9 heteroatoms. The summed E-state index contributed by atoms with van der Waals surface area (Å²) < 4.78 is 0. The third kappa shape index (κ3) is 5.08. The van der Waals surface area contributed by atoms with Gasteiger partial charge in [0.25, 0.3) is 5.69 Å². The fourth-order valence-electron chi connectivity index (χ4n) is 2.84. The first-order valence-electron chi connectivity index (χ1n) is 8.46. The van der Waals surface area contributed by atoms with Gasteiger partial charge in [-0.1, -0.05) is 0 Å². The van der Waals surface area contributed by atoms with E-state index < -0.39 is 10.9 Å². The van der Waals surface area contributed by atoms with Gasteiger partial charge in [-0.15, -0.1) is 0 Å². The molecule has 2 aromatic carbocycles. The fraction of sp³-hybridized carbons (Fsp3) is 0.278. The average molecular weight is 369 g/mol. The van der Waals surface area contributed by atoms with E-state index in [1.165, 1.54) is 12.1 Å². The van der Waals surface area contributed by atoms with E-state index in [2.05, 4.69) is 15.1 Å².